The molecule has 0 bridgehead atoms. The van der Waals surface area contributed by atoms with Gasteiger partial charge < -0.3 is 10.1 Å². The van der Waals surface area contributed by atoms with Gasteiger partial charge in [-0.25, -0.2) is 0 Å². The van der Waals surface area contributed by atoms with Crippen LogP contribution in [-0.2, 0) is 5.60 Å². The highest BCUT2D eigenvalue weighted by molar-refractivity contribution is 5.60. The van der Waals surface area contributed by atoms with Crippen LogP contribution >= 0.6 is 0 Å². The van der Waals surface area contributed by atoms with Crippen molar-refractivity contribution in [2.75, 3.05) is 11.9 Å². The summed E-state index contributed by atoms with van der Waals surface area (Å²) in [6.07, 6.45) is 0. The van der Waals surface area contributed by atoms with Crippen molar-refractivity contribution in [2.45, 2.75) is 19.4 Å². The Balaban J connectivity index is 1.97. The molecule has 1 atom stereocenters. The van der Waals surface area contributed by atoms with Crippen molar-refractivity contribution in [3.05, 3.63) is 59.7 Å². The number of ether oxygens (including phenoxy) is 1. The van der Waals surface area contributed by atoms with E-state index in [1.165, 1.54) is 11.1 Å². The van der Waals surface area contributed by atoms with Gasteiger partial charge in [0.15, 0.2) is 0 Å². The molecule has 1 aliphatic rings. The minimum Gasteiger partial charge on any atom is -0.479 e. The summed E-state index contributed by atoms with van der Waals surface area (Å²) < 4.78 is 6.20. The van der Waals surface area contributed by atoms with Crippen LogP contribution in [-0.4, -0.2) is 6.54 Å². The Bertz CT molecular complexity index is 565. The lowest BCUT2D eigenvalue weighted by atomic mass is 9.94. The molecule has 1 N–H and O–H groups in total. The van der Waals surface area contributed by atoms with Gasteiger partial charge in [-0.1, -0.05) is 36.4 Å². The second-order valence-electron chi connectivity index (χ2n) is 5.05. The van der Waals surface area contributed by atoms with Gasteiger partial charge in [-0.05, 0) is 37.1 Å². The van der Waals surface area contributed by atoms with Gasteiger partial charge in [-0.3, -0.25) is 0 Å². The number of anilines is 1. The third kappa shape index (κ3) is 1.84. The van der Waals surface area contributed by atoms with Crippen molar-refractivity contribution in [1.29, 1.82) is 0 Å². The maximum absolute atomic E-state index is 6.20. The first-order valence-corrected chi connectivity index (χ1v) is 6.26. The fourth-order valence-corrected chi connectivity index (χ4v) is 2.37. The summed E-state index contributed by atoms with van der Waals surface area (Å²) in [6, 6.07) is 16.6. The van der Waals surface area contributed by atoms with Gasteiger partial charge in [0.25, 0.3) is 0 Å². The van der Waals surface area contributed by atoms with Crippen molar-refractivity contribution < 1.29 is 4.74 Å². The van der Waals surface area contributed by atoms with Crippen molar-refractivity contribution in [3.63, 3.8) is 0 Å². The SMILES string of the molecule is Cc1ccc2c(c1)NCC(C)(c1ccccc1)O2. The van der Waals surface area contributed by atoms with Crippen molar-refractivity contribution in [1.82, 2.24) is 0 Å². The number of fused-ring (bicyclic) bond motifs is 1. The number of benzene rings is 2. The molecule has 0 aromatic heterocycles. The molecule has 1 unspecified atom stereocenters. The van der Waals surface area contributed by atoms with E-state index in [9.17, 15) is 0 Å². The molecule has 92 valence electrons. The van der Waals surface area contributed by atoms with Crippen LogP contribution in [0.3, 0.4) is 0 Å². The van der Waals surface area contributed by atoms with E-state index >= 15 is 0 Å². The average Bonchev–Trinajstić information content (AvgIpc) is 2.40. The van der Waals surface area contributed by atoms with Gasteiger partial charge in [0, 0.05) is 0 Å². The molecule has 1 aliphatic heterocycles. The van der Waals surface area contributed by atoms with Crippen LogP contribution in [0.15, 0.2) is 48.5 Å². The first-order valence-electron chi connectivity index (χ1n) is 6.26. The van der Waals surface area contributed by atoms with Crippen molar-refractivity contribution in [2.24, 2.45) is 0 Å². The van der Waals surface area contributed by atoms with Crippen LogP contribution in [0, 0.1) is 6.92 Å². The molecule has 0 aliphatic carbocycles. The Labute approximate surface area is 108 Å². The standard InChI is InChI=1S/C16H17NO/c1-12-8-9-15-14(10-12)17-11-16(2,18-15)13-6-4-3-5-7-13/h3-10,17H,11H2,1-2H3. The van der Waals surface area contributed by atoms with E-state index in [1.54, 1.807) is 0 Å². The average molecular weight is 239 g/mol. The largest absolute Gasteiger partial charge is 0.479 e. The maximum Gasteiger partial charge on any atom is 0.148 e. The normalized spacial score (nSPS) is 21.7. The van der Waals surface area contributed by atoms with E-state index in [0.717, 1.165) is 18.0 Å². The molecular formula is C16H17NO. The molecule has 2 nitrogen and oxygen atoms in total. The van der Waals surface area contributed by atoms with E-state index in [1.807, 2.05) is 12.1 Å². The zero-order valence-electron chi connectivity index (χ0n) is 10.7. The zero-order valence-corrected chi connectivity index (χ0v) is 10.7. The van der Waals surface area contributed by atoms with Crippen LogP contribution in [0.4, 0.5) is 5.69 Å². The molecule has 2 aromatic rings. The second-order valence-corrected chi connectivity index (χ2v) is 5.05. The highest BCUT2D eigenvalue weighted by Gasteiger charge is 2.33. The van der Waals surface area contributed by atoms with Gasteiger partial charge in [-0.2, -0.15) is 0 Å². The maximum atomic E-state index is 6.20. The molecule has 0 radical (unpaired) electrons. The highest BCUT2D eigenvalue weighted by atomic mass is 16.5. The second kappa shape index (κ2) is 4.05. The van der Waals surface area contributed by atoms with Crippen LogP contribution < -0.4 is 10.1 Å². The minimum absolute atomic E-state index is 0.302. The Kier molecular flexibility index (Phi) is 2.51. The number of rotatable bonds is 1. The summed E-state index contributed by atoms with van der Waals surface area (Å²) in [7, 11) is 0. The molecule has 18 heavy (non-hydrogen) atoms. The molecule has 2 heteroatoms. The molecule has 0 amide bonds. The molecule has 1 heterocycles. The topological polar surface area (TPSA) is 21.3 Å². The predicted octanol–water partition coefficient (Wildman–Crippen LogP) is 3.71. The molecular weight excluding hydrogens is 222 g/mol. The quantitative estimate of drug-likeness (QED) is 0.819. The van der Waals surface area contributed by atoms with E-state index in [-0.39, 0.29) is 5.60 Å². The van der Waals surface area contributed by atoms with Crippen LogP contribution in [0.25, 0.3) is 0 Å². The zero-order chi connectivity index (χ0) is 12.6. The number of hydrogen-bond acceptors (Lipinski definition) is 2. The summed E-state index contributed by atoms with van der Waals surface area (Å²) in [4.78, 5) is 0. The van der Waals surface area contributed by atoms with Crippen molar-refractivity contribution >= 4 is 5.69 Å². The lowest BCUT2D eigenvalue weighted by molar-refractivity contribution is 0.0939. The number of aryl methyl sites for hydroxylation is 1. The number of nitrogens with one attached hydrogen (secondary N) is 1. The summed E-state index contributed by atoms with van der Waals surface area (Å²) in [5, 5.41) is 3.47. The van der Waals surface area contributed by atoms with Crippen LogP contribution in [0.2, 0.25) is 0 Å². The highest BCUT2D eigenvalue weighted by Crippen LogP contribution is 2.37. The lowest BCUT2D eigenvalue weighted by Crippen LogP contribution is -2.40. The fraction of sp³-hybridized carbons (Fsp3) is 0.250. The van der Waals surface area contributed by atoms with Gasteiger partial charge in [0.05, 0.1) is 12.2 Å². The summed E-state index contributed by atoms with van der Waals surface area (Å²) in [5.74, 6) is 0.929. The summed E-state index contributed by atoms with van der Waals surface area (Å²) in [6.45, 7) is 5.00. The van der Waals surface area contributed by atoms with Gasteiger partial charge in [0.2, 0.25) is 0 Å². The summed E-state index contributed by atoms with van der Waals surface area (Å²) >= 11 is 0. The Morgan fingerprint density at radius 2 is 1.89 bits per heavy atom. The third-order valence-electron chi connectivity index (χ3n) is 3.47. The predicted molar refractivity (Wildman–Crippen MR) is 74.1 cm³/mol. The van der Waals surface area contributed by atoms with Crippen LogP contribution in [0.1, 0.15) is 18.1 Å². The minimum atomic E-state index is -0.302. The Hall–Kier alpha value is -1.96. The number of hydrogen-bond donors (Lipinski definition) is 1. The monoisotopic (exact) mass is 239 g/mol. The molecule has 0 saturated carbocycles. The summed E-state index contributed by atoms with van der Waals surface area (Å²) in [5.41, 5.74) is 3.23. The Morgan fingerprint density at radius 3 is 2.67 bits per heavy atom. The van der Waals surface area contributed by atoms with Gasteiger partial charge >= 0.3 is 0 Å². The molecule has 0 fully saturated rings. The fourth-order valence-electron chi connectivity index (χ4n) is 2.37. The first kappa shape index (κ1) is 11.1. The van der Waals surface area contributed by atoms with Gasteiger partial charge in [-0.15, -0.1) is 0 Å². The van der Waals surface area contributed by atoms with E-state index in [0.29, 0.717) is 0 Å². The molecule has 3 rings (SSSR count). The third-order valence-corrected chi connectivity index (χ3v) is 3.47. The van der Waals surface area contributed by atoms with E-state index in [4.69, 9.17) is 4.74 Å². The Morgan fingerprint density at radius 1 is 1.11 bits per heavy atom. The van der Waals surface area contributed by atoms with Crippen molar-refractivity contribution in [3.8, 4) is 5.75 Å². The van der Waals surface area contributed by atoms with E-state index in [2.05, 4.69) is 55.6 Å². The smallest absolute Gasteiger partial charge is 0.148 e. The van der Waals surface area contributed by atoms with Crippen LogP contribution in [0.5, 0.6) is 5.75 Å². The molecule has 2 aromatic carbocycles. The lowest BCUT2D eigenvalue weighted by Gasteiger charge is -2.37. The molecule has 0 spiro atoms. The van der Waals surface area contributed by atoms with Gasteiger partial charge in [0.1, 0.15) is 11.4 Å². The first-order chi connectivity index (χ1) is 8.67. The molecule has 0 saturated heterocycles. The van der Waals surface area contributed by atoms with E-state index < -0.39 is 0 Å².